The lowest BCUT2D eigenvalue weighted by Crippen LogP contribution is -2.18. The Hall–Kier alpha value is -7.96. The summed E-state index contributed by atoms with van der Waals surface area (Å²) < 4.78 is 6.56. The van der Waals surface area contributed by atoms with Crippen molar-refractivity contribution in [3.05, 3.63) is 235 Å². The minimum absolute atomic E-state index is 0.944. The standard InChI is InChI=1S/C62H41N3S2/c1-5-16-40(17-6-1)41-18-15-25-47(34-41)65-55-38-50(63(44-19-7-2-8-20-44)45-21-9-3-10-22-45)35-42-28-29-43-36-54-53-37-48(31-33-57(53)67-62(54)61(65)60(43)59(42)55)64(46-23-11-4-12-24-46)49-30-32-52-51-26-13-14-27-56(51)66-58(52)39-49/h1-30,32,34-39H,31,33H2. The van der Waals surface area contributed by atoms with Gasteiger partial charge >= 0.3 is 0 Å². The number of hydrogen-bond acceptors (Lipinski definition) is 4. The van der Waals surface area contributed by atoms with Crippen molar-refractivity contribution in [3.8, 4) is 16.8 Å². The monoisotopic (exact) mass is 891 g/mol. The summed E-state index contributed by atoms with van der Waals surface area (Å²) in [5, 5.41) is 9.10. The highest BCUT2D eigenvalue weighted by molar-refractivity contribution is 7.25. The molecular weight excluding hydrogens is 851 g/mol. The van der Waals surface area contributed by atoms with Crippen LogP contribution in [0.2, 0.25) is 0 Å². The number of thiophene rings is 2. The van der Waals surface area contributed by atoms with Crippen LogP contribution >= 0.6 is 22.7 Å². The summed E-state index contributed by atoms with van der Waals surface area (Å²) in [4.78, 5) is 6.34. The van der Waals surface area contributed by atoms with Crippen molar-refractivity contribution in [2.45, 2.75) is 12.8 Å². The highest BCUT2D eigenvalue weighted by atomic mass is 32.1. The maximum absolute atomic E-state index is 2.58. The van der Waals surface area contributed by atoms with Gasteiger partial charge in [-0.3, -0.25) is 0 Å². The van der Waals surface area contributed by atoms with Gasteiger partial charge in [-0.25, -0.2) is 0 Å². The molecule has 1 aliphatic rings. The number of para-hydroxylation sites is 3. The lowest BCUT2D eigenvalue weighted by atomic mass is 9.95. The molecule has 3 nitrogen and oxygen atoms in total. The third kappa shape index (κ3) is 6.16. The van der Waals surface area contributed by atoms with Crippen molar-refractivity contribution < 1.29 is 0 Å². The fraction of sp³-hybridized carbons (Fsp3) is 0.0323. The zero-order valence-electron chi connectivity index (χ0n) is 36.4. The van der Waals surface area contributed by atoms with E-state index in [-0.39, 0.29) is 0 Å². The molecule has 0 bridgehead atoms. The SMILES string of the molecule is C1=C(N(c2ccccc2)c2ccc3c(c2)sc2ccccc23)CCc2sc3c(cc4ccc5cc(N(c6ccccc6)c6ccccc6)cc6c5c4c3n6-c3cccc(-c4ccccc4)c3)c21. The number of fused-ring (bicyclic) bond motifs is 7. The smallest absolute Gasteiger partial charge is 0.0725 e. The fourth-order valence-electron chi connectivity index (χ4n) is 10.8. The minimum Gasteiger partial charge on any atom is -0.314 e. The average molecular weight is 892 g/mol. The second kappa shape index (κ2) is 15.3. The molecule has 0 radical (unpaired) electrons. The number of hydrogen-bond donors (Lipinski definition) is 0. The van der Waals surface area contributed by atoms with Crippen LogP contribution < -0.4 is 9.80 Å². The van der Waals surface area contributed by atoms with Gasteiger partial charge in [0, 0.05) is 81.0 Å². The molecule has 316 valence electrons. The van der Waals surface area contributed by atoms with Gasteiger partial charge in [-0.2, -0.15) is 0 Å². The largest absolute Gasteiger partial charge is 0.314 e. The molecule has 14 rings (SSSR count). The molecule has 0 fully saturated rings. The zero-order chi connectivity index (χ0) is 44.0. The third-order valence-corrected chi connectivity index (χ3v) is 16.2. The number of allylic oxidation sites excluding steroid dienone is 1. The van der Waals surface area contributed by atoms with E-state index in [0.29, 0.717) is 0 Å². The van der Waals surface area contributed by atoms with Gasteiger partial charge in [0.2, 0.25) is 0 Å². The molecular formula is C62H41N3S2. The Morgan fingerprint density at radius 1 is 0.403 bits per heavy atom. The molecule has 0 aliphatic heterocycles. The van der Waals surface area contributed by atoms with E-state index in [4.69, 9.17) is 0 Å². The number of benzene rings is 10. The summed E-state index contributed by atoms with van der Waals surface area (Å²) in [5.74, 6) is 0. The quantitative estimate of drug-likeness (QED) is 0.141. The molecule has 3 heterocycles. The first kappa shape index (κ1) is 38.3. The number of aromatic nitrogens is 1. The van der Waals surface area contributed by atoms with E-state index in [1.165, 1.54) is 101 Å². The zero-order valence-corrected chi connectivity index (χ0v) is 38.1. The molecule has 5 heteroatoms. The lowest BCUT2D eigenvalue weighted by molar-refractivity contribution is 0.912. The van der Waals surface area contributed by atoms with Crippen LogP contribution in [0.4, 0.5) is 28.4 Å². The van der Waals surface area contributed by atoms with Crippen LogP contribution in [0.3, 0.4) is 0 Å². The van der Waals surface area contributed by atoms with Crippen LogP contribution in [0.5, 0.6) is 0 Å². The number of nitrogens with zero attached hydrogens (tertiary/aromatic N) is 3. The Bertz CT molecular complexity index is 3990. The molecule has 0 unspecified atom stereocenters. The molecule has 67 heavy (non-hydrogen) atoms. The highest BCUT2D eigenvalue weighted by Crippen LogP contribution is 2.51. The third-order valence-electron chi connectivity index (χ3n) is 13.7. The Morgan fingerprint density at radius 2 is 1.04 bits per heavy atom. The van der Waals surface area contributed by atoms with Gasteiger partial charge in [0.25, 0.3) is 0 Å². The first-order chi connectivity index (χ1) is 33.2. The molecule has 13 aromatic rings. The number of anilines is 5. The summed E-state index contributed by atoms with van der Waals surface area (Å²) in [7, 11) is 0. The predicted molar refractivity (Wildman–Crippen MR) is 289 cm³/mol. The average Bonchev–Trinajstić information content (AvgIpc) is 4.07. The van der Waals surface area contributed by atoms with Crippen LogP contribution in [0.25, 0.3) is 85.7 Å². The summed E-state index contributed by atoms with van der Waals surface area (Å²) in [6, 6.07) is 80.2. The molecule has 10 aromatic carbocycles. The van der Waals surface area contributed by atoms with Gasteiger partial charge in [-0.1, -0.05) is 133 Å². The van der Waals surface area contributed by atoms with Gasteiger partial charge in [-0.05, 0) is 131 Å². The van der Waals surface area contributed by atoms with Crippen LogP contribution in [-0.4, -0.2) is 4.57 Å². The van der Waals surface area contributed by atoms with E-state index in [2.05, 4.69) is 239 Å². The second-order valence-corrected chi connectivity index (χ2v) is 19.8. The molecule has 0 atom stereocenters. The van der Waals surface area contributed by atoms with Gasteiger partial charge in [0.15, 0.2) is 0 Å². The van der Waals surface area contributed by atoms with Crippen molar-refractivity contribution in [1.82, 2.24) is 4.57 Å². The van der Waals surface area contributed by atoms with Crippen LogP contribution in [0.15, 0.2) is 224 Å². The number of aryl methyl sites for hydroxylation is 1. The molecule has 0 amide bonds. The summed E-state index contributed by atoms with van der Waals surface area (Å²) >= 11 is 3.87. The predicted octanol–water partition coefficient (Wildman–Crippen LogP) is 18.2. The minimum atomic E-state index is 0.944. The summed E-state index contributed by atoms with van der Waals surface area (Å²) in [6.45, 7) is 0. The van der Waals surface area contributed by atoms with Gasteiger partial charge < -0.3 is 14.4 Å². The molecule has 0 saturated carbocycles. The lowest BCUT2D eigenvalue weighted by Gasteiger charge is -2.30. The van der Waals surface area contributed by atoms with Crippen molar-refractivity contribution in [2.75, 3.05) is 9.80 Å². The second-order valence-electron chi connectivity index (χ2n) is 17.6. The highest BCUT2D eigenvalue weighted by Gasteiger charge is 2.28. The molecule has 3 aromatic heterocycles. The van der Waals surface area contributed by atoms with Crippen LogP contribution in [0.1, 0.15) is 16.9 Å². The molecule has 1 aliphatic carbocycles. The summed E-state index contributed by atoms with van der Waals surface area (Å²) in [5.41, 5.74) is 14.5. The molecule has 0 saturated heterocycles. The first-order valence-electron chi connectivity index (χ1n) is 23.0. The van der Waals surface area contributed by atoms with E-state index >= 15 is 0 Å². The first-order valence-corrected chi connectivity index (χ1v) is 24.7. The maximum Gasteiger partial charge on any atom is 0.0725 e. The van der Waals surface area contributed by atoms with E-state index in [1.807, 2.05) is 22.7 Å². The van der Waals surface area contributed by atoms with Gasteiger partial charge in [0.05, 0.1) is 15.7 Å². The Morgan fingerprint density at radius 3 is 1.79 bits per heavy atom. The van der Waals surface area contributed by atoms with Gasteiger partial charge in [-0.15, -0.1) is 22.7 Å². The van der Waals surface area contributed by atoms with Crippen LogP contribution in [0, 0.1) is 0 Å². The fourth-order valence-corrected chi connectivity index (χ4v) is 13.2. The Balaban J connectivity index is 1.02. The van der Waals surface area contributed by atoms with E-state index < -0.39 is 0 Å². The Kier molecular flexibility index (Phi) is 8.76. The molecule has 0 N–H and O–H groups in total. The van der Waals surface area contributed by atoms with Crippen molar-refractivity contribution in [2.24, 2.45) is 0 Å². The van der Waals surface area contributed by atoms with E-state index in [9.17, 15) is 0 Å². The van der Waals surface area contributed by atoms with Crippen molar-refractivity contribution >= 4 is 120 Å². The summed E-state index contributed by atoms with van der Waals surface area (Å²) in [6.07, 6.45) is 4.43. The van der Waals surface area contributed by atoms with Crippen molar-refractivity contribution in [1.29, 1.82) is 0 Å². The topological polar surface area (TPSA) is 11.4 Å². The van der Waals surface area contributed by atoms with E-state index in [1.54, 1.807) is 0 Å². The number of rotatable bonds is 8. The van der Waals surface area contributed by atoms with Crippen molar-refractivity contribution in [3.63, 3.8) is 0 Å². The van der Waals surface area contributed by atoms with Gasteiger partial charge in [0.1, 0.15) is 0 Å². The van der Waals surface area contributed by atoms with Crippen LogP contribution in [-0.2, 0) is 6.42 Å². The molecule has 0 spiro atoms. The maximum atomic E-state index is 2.58. The Labute approximate surface area is 396 Å². The normalized spacial score (nSPS) is 12.7. The van der Waals surface area contributed by atoms with E-state index in [0.717, 1.165) is 35.6 Å².